The van der Waals surface area contributed by atoms with Gasteiger partial charge in [0, 0.05) is 23.8 Å². The minimum Gasteiger partial charge on any atom is -0.384 e. The minimum atomic E-state index is 0. The van der Waals surface area contributed by atoms with Gasteiger partial charge in [0.1, 0.15) is 0 Å². The Labute approximate surface area is 133 Å². The maximum Gasteiger partial charge on any atom is 0.251 e. The summed E-state index contributed by atoms with van der Waals surface area (Å²) < 4.78 is 0. The summed E-state index contributed by atoms with van der Waals surface area (Å²) in [6.45, 7) is 3.24. The summed E-state index contributed by atoms with van der Waals surface area (Å²) in [7, 11) is 0. The smallest absolute Gasteiger partial charge is 0.251 e. The largest absolute Gasteiger partial charge is 0.384 e. The lowest BCUT2D eigenvalue weighted by molar-refractivity contribution is 0.0919. The molecule has 116 valence electrons. The van der Waals surface area contributed by atoms with Gasteiger partial charge in [-0.1, -0.05) is 26.2 Å². The van der Waals surface area contributed by atoms with Gasteiger partial charge in [0.05, 0.1) is 0 Å². The molecule has 2 aliphatic rings. The normalized spacial score (nSPS) is 23.7. The first-order valence-electron chi connectivity index (χ1n) is 7.94. The van der Waals surface area contributed by atoms with E-state index in [1.807, 2.05) is 18.2 Å². The van der Waals surface area contributed by atoms with Gasteiger partial charge in [-0.2, -0.15) is 0 Å². The standard InChI is InChI=1S/C17H24N2O.ClH/c1-2-12-4-3-5-15(10-12)19-17(20)14-6-7-16-13(11-14)8-9-18-16;/h6-7,11-12,15,18H,2-5,8-10H2,1H3,(H,19,20);1H. The van der Waals surface area contributed by atoms with Crippen molar-refractivity contribution in [3.05, 3.63) is 29.3 Å². The molecule has 4 heteroatoms. The molecule has 1 aromatic carbocycles. The summed E-state index contributed by atoms with van der Waals surface area (Å²) in [5.41, 5.74) is 3.27. The van der Waals surface area contributed by atoms with E-state index in [1.54, 1.807) is 0 Å². The molecule has 1 heterocycles. The zero-order chi connectivity index (χ0) is 13.9. The van der Waals surface area contributed by atoms with Crippen LogP contribution in [0.3, 0.4) is 0 Å². The van der Waals surface area contributed by atoms with Crippen molar-refractivity contribution in [2.45, 2.75) is 51.5 Å². The van der Waals surface area contributed by atoms with Crippen molar-refractivity contribution in [2.24, 2.45) is 5.92 Å². The van der Waals surface area contributed by atoms with Crippen molar-refractivity contribution in [1.29, 1.82) is 0 Å². The van der Waals surface area contributed by atoms with E-state index in [0.29, 0.717) is 6.04 Å². The quantitative estimate of drug-likeness (QED) is 0.892. The number of fused-ring (bicyclic) bond motifs is 1. The summed E-state index contributed by atoms with van der Waals surface area (Å²) in [6, 6.07) is 6.39. The van der Waals surface area contributed by atoms with E-state index in [1.165, 1.54) is 30.5 Å². The molecule has 1 amide bonds. The maximum absolute atomic E-state index is 12.4. The average molecular weight is 309 g/mol. The van der Waals surface area contributed by atoms with Crippen LogP contribution in [-0.4, -0.2) is 18.5 Å². The third-order valence-electron chi connectivity index (χ3n) is 4.77. The highest BCUT2D eigenvalue weighted by molar-refractivity contribution is 5.95. The van der Waals surface area contributed by atoms with Crippen molar-refractivity contribution in [3.8, 4) is 0 Å². The van der Waals surface area contributed by atoms with E-state index in [4.69, 9.17) is 0 Å². The number of benzene rings is 1. The molecule has 0 aromatic heterocycles. The number of halogens is 1. The van der Waals surface area contributed by atoms with Gasteiger partial charge in [0.15, 0.2) is 0 Å². The fourth-order valence-corrected chi connectivity index (χ4v) is 3.51. The molecule has 3 nitrogen and oxygen atoms in total. The number of hydrogen-bond acceptors (Lipinski definition) is 2. The van der Waals surface area contributed by atoms with E-state index in [0.717, 1.165) is 37.3 Å². The highest BCUT2D eigenvalue weighted by Gasteiger charge is 2.23. The molecule has 21 heavy (non-hydrogen) atoms. The van der Waals surface area contributed by atoms with Gasteiger partial charge in [-0.3, -0.25) is 4.79 Å². The van der Waals surface area contributed by atoms with E-state index in [-0.39, 0.29) is 18.3 Å². The number of carbonyl (C=O) groups is 1. The van der Waals surface area contributed by atoms with E-state index in [9.17, 15) is 4.79 Å². The van der Waals surface area contributed by atoms with Crippen LogP contribution in [0.2, 0.25) is 0 Å². The molecule has 0 spiro atoms. The number of nitrogens with one attached hydrogen (secondary N) is 2. The monoisotopic (exact) mass is 308 g/mol. The highest BCUT2D eigenvalue weighted by Crippen LogP contribution is 2.27. The molecule has 1 aliphatic heterocycles. The number of hydrogen-bond donors (Lipinski definition) is 2. The van der Waals surface area contributed by atoms with Crippen molar-refractivity contribution >= 4 is 24.0 Å². The first kappa shape index (κ1) is 16.2. The highest BCUT2D eigenvalue weighted by atomic mass is 35.5. The van der Waals surface area contributed by atoms with Gasteiger partial charge in [-0.25, -0.2) is 0 Å². The first-order chi connectivity index (χ1) is 9.76. The lowest BCUT2D eigenvalue weighted by Gasteiger charge is -2.29. The van der Waals surface area contributed by atoms with Crippen LogP contribution in [0, 0.1) is 5.92 Å². The van der Waals surface area contributed by atoms with Gasteiger partial charge in [-0.15, -0.1) is 12.4 Å². The number of carbonyl (C=O) groups excluding carboxylic acids is 1. The Hall–Kier alpha value is -1.22. The Morgan fingerprint density at radius 1 is 1.38 bits per heavy atom. The first-order valence-corrected chi connectivity index (χ1v) is 7.94. The Bertz CT molecular complexity index is 504. The van der Waals surface area contributed by atoms with Crippen LogP contribution in [-0.2, 0) is 6.42 Å². The second-order valence-electron chi connectivity index (χ2n) is 6.16. The lowest BCUT2D eigenvalue weighted by Crippen LogP contribution is -2.38. The van der Waals surface area contributed by atoms with Crippen LogP contribution in [0.25, 0.3) is 0 Å². The van der Waals surface area contributed by atoms with Crippen molar-refractivity contribution < 1.29 is 4.79 Å². The van der Waals surface area contributed by atoms with Gasteiger partial charge in [0.2, 0.25) is 0 Å². The molecule has 1 saturated carbocycles. The van der Waals surface area contributed by atoms with E-state index >= 15 is 0 Å². The molecule has 0 bridgehead atoms. The molecule has 1 fully saturated rings. The topological polar surface area (TPSA) is 41.1 Å². The summed E-state index contributed by atoms with van der Waals surface area (Å²) >= 11 is 0. The maximum atomic E-state index is 12.4. The zero-order valence-electron chi connectivity index (χ0n) is 12.7. The third kappa shape index (κ3) is 3.70. The number of amides is 1. The number of rotatable bonds is 3. The molecule has 2 N–H and O–H groups in total. The van der Waals surface area contributed by atoms with Gasteiger partial charge in [-0.05, 0) is 48.9 Å². The predicted molar refractivity (Wildman–Crippen MR) is 89.4 cm³/mol. The average Bonchev–Trinajstić information content (AvgIpc) is 2.94. The molecule has 3 rings (SSSR count). The van der Waals surface area contributed by atoms with Crippen LogP contribution in [0.5, 0.6) is 0 Å². The molecule has 1 aromatic rings. The molecule has 0 radical (unpaired) electrons. The molecule has 2 unspecified atom stereocenters. The van der Waals surface area contributed by atoms with Crippen molar-refractivity contribution in [3.63, 3.8) is 0 Å². The summed E-state index contributed by atoms with van der Waals surface area (Å²) in [4.78, 5) is 12.4. The van der Waals surface area contributed by atoms with Crippen molar-refractivity contribution in [1.82, 2.24) is 5.32 Å². The van der Waals surface area contributed by atoms with Gasteiger partial charge >= 0.3 is 0 Å². The van der Waals surface area contributed by atoms with Crippen molar-refractivity contribution in [2.75, 3.05) is 11.9 Å². The number of anilines is 1. The second-order valence-corrected chi connectivity index (χ2v) is 6.16. The molecule has 1 aliphatic carbocycles. The predicted octanol–water partition coefficient (Wildman–Crippen LogP) is 3.78. The molecular formula is C17H25ClN2O. The fraction of sp³-hybridized carbons (Fsp3) is 0.588. The second kappa shape index (κ2) is 7.17. The van der Waals surface area contributed by atoms with Crippen LogP contribution in [0.4, 0.5) is 5.69 Å². The third-order valence-corrected chi connectivity index (χ3v) is 4.77. The Kier molecular flexibility index (Phi) is 5.51. The SMILES string of the molecule is CCC1CCCC(NC(=O)c2ccc3c(c2)CCN3)C1.Cl. The summed E-state index contributed by atoms with van der Waals surface area (Å²) in [6.07, 6.45) is 7.11. The van der Waals surface area contributed by atoms with E-state index < -0.39 is 0 Å². The van der Waals surface area contributed by atoms with Crippen LogP contribution < -0.4 is 10.6 Å². The van der Waals surface area contributed by atoms with Crippen LogP contribution in [0.1, 0.15) is 54.9 Å². The van der Waals surface area contributed by atoms with Crippen LogP contribution >= 0.6 is 12.4 Å². The lowest BCUT2D eigenvalue weighted by atomic mass is 9.84. The molecule has 0 saturated heterocycles. The summed E-state index contributed by atoms with van der Waals surface area (Å²) in [5.74, 6) is 0.889. The Morgan fingerprint density at radius 3 is 3.05 bits per heavy atom. The minimum absolute atomic E-state index is 0. The van der Waals surface area contributed by atoms with Gasteiger partial charge < -0.3 is 10.6 Å². The molecular weight excluding hydrogens is 284 g/mol. The Balaban J connectivity index is 0.00000161. The zero-order valence-corrected chi connectivity index (χ0v) is 13.5. The summed E-state index contributed by atoms with van der Waals surface area (Å²) in [5, 5.41) is 6.56. The molecule has 2 atom stereocenters. The van der Waals surface area contributed by atoms with Crippen LogP contribution in [0.15, 0.2) is 18.2 Å². The fourth-order valence-electron chi connectivity index (χ4n) is 3.51. The Morgan fingerprint density at radius 2 is 2.24 bits per heavy atom. The van der Waals surface area contributed by atoms with Gasteiger partial charge in [0.25, 0.3) is 5.91 Å². The van der Waals surface area contributed by atoms with E-state index in [2.05, 4.69) is 17.6 Å².